The zero-order chi connectivity index (χ0) is 18.1. The van der Waals surface area contributed by atoms with Gasteiger partial charge in [-0.05, 0) is 18.2 Å². The number of nitrogens with one attached hydrogen (secondary N) is 1. The number of hydrogen-bond acceptors (Lipinski definition) is 5. The second-order valence-electron chi connectivity index (χ2n) is 5.21. The van der Waals surface area contributed by atoms with Gasteiger partial charge in [-0.2, -0.15) is 0 Å². The van der Waals surface area contributed by atoms with Gasteiger partial charge >= 0.3 is 0 Å². The SMILES string of the molecule is COc1cc(OC)c(OC)cc1CNC(=O)CCSc1ccccc1. The number of methoxy groups -OCH3 is 3. The lowest BCUT2D eigenvalue weighted by molar-refractivity contribution is -0.120. The van der Waals surface area contributed by atoms with Crippen molar-refractivity contribution in [3.63, 3.8) is 0 Å². The van der Waals surface area contributed by atoms with Crippen LogP contribution in [0.5, 0.6) is 17.2 Å². The lowest BCUT2D eigenvalue weighted by Gasteiger charge is -2.14. The summed E-state index contributed by atoms with van der Waals surface area (Å²) >= 11 is 1.67. The number of carbonyl (C=O) groups excluding carboxylic acids is 1. The fourth-order valence-corrected chi connectivity index (χ4v) is 3.16. The van der Waals surface area contributed by atoms with Crippen molar-refractivity contribution < 1.29 is 19.0 Å². The Kier molecular flexibility index (Phi) is 7.47. The smallest absolute Gasteiger partial charge is 0.221 e. The maximum absolute atomic E-state index is 12.1. The second kappa shape index (κ2) is 9.84. The zero-order valence-electron chi connectivity index (χ0n) is 14.7. The Hall–Kier alpha value is -2.34. The zero-order valence-corrected chi connectivity index (χ0v) is 15.5. The first kappa shape index (κ1) is 19.0. The molecule has 2 aromatic carbocycles. The van der Waals surface area contributed by atoms with Crippen molar-refractivity contribution in [2.75, 3.05) is 27.1 Å². The topological polar surface area (TPSA) is 56.8 Å². The molecular weight excluding hydrogens is 338 g/mol. The maximum Gasteiger partial charge on any atom is 0.221 e. The summed E-state index contributed by atoms with van der Waals surface area (Å²) in [5.41, 5.74) is 0.837. The number of ether oxygens (including phenoxy) is 3. The van der Waals surface area contributed by atoms with Crippen LogP contribution in [0, 0.1) is 0 Å². The monoisotopic (exact) mass is 361 g/mol. The Morgan fingerprint density at radius 1 is 0.960 bits per heavy atom. The summed E-state index contributed by atoms with van der Waals surface area (Å²) in [6.45, 7) is 0.373. The fourth-order valence-electron chi connectivity index (χ4n) is 2.29. The molecule has 2 rings (SSSR count). The van der Waals surface area contributed by atoms with E-state index in [1.165, 1.54) is 0 Å². The molecule has 0 aliphatic rings. The van der Waals surface area contributed by atoms with Crippen LogP contribution in [0.1, 0.15) is 12.0 Å². The molecule has 134 valence electrons. The first-order chi connectivity index (χ1) is 12.2. The van der Waals surface area contributed by atoms with Gasteiger partial charge in [0.1, 0.15) is 5.75 Å². The van der Waals surface area contributed by atoms with Gasteiger partial charge in [-0.1, -0.05) is 18.2 Å². The Labute approximate surface area is 152 Å². The van der Waals surface area contributed by atoms with Crippen LogP contribution in [0.3, 0.4) is 0 Å². The Morgan fingerprint density at radius 3 is 2.24 bits per heavy atom. The van der Waals surface area contributed by atoms with E-state index in [2.05, 4.69) is 5.32 Å². The predicted molar refractivity (Wildman–Crippen MR) is 99.7 cm³/mol. The highest BCUT2D eigenvalue weighted by Gasteiger charge is 2.12. The van der Waals surface area contributed by atoms with Crippen LogP contribution in [0.2, 0.25) is 0 Å². The van der Waals surface area contributed by atoms with Crippen molar-refractivity contribution in [3.8, 4) is 17.2 Å². The fraction of sp³-hybridized carbons (Fsp3) is 0.316. The molecule has 0 saturated carbocycles. The molecule has 0 aliphatic heterocycles. The van der Waals surface area contributed by atoms with Crippen LogP contribution in [-0.4, -0.2) is 33.0 Å². The molecule has 0 fully saturated rings. The second-order valence-corrected chi connectivity index (χ2v) is 6.38. The minimum Gasteiger partial charge on any atom is -0.496 e. The quantitative estimate of drug-likeness (QED) is 0.693. The largest absolute Gasteiger partial charge is 0.496 e. The Morgan fingerprint density at radius 2 is 1.60 bits per heavy atom. The minimum atomic E-state index is 0.000249. The Balaban J connectivity index is 1.88. The lowest BCUT2D eigenvalue weighted by atomic mass is 10.1. The van der Waals surface area contributed by atoms with Crippen LogP contribution in [0.15, 0.2) is 47.4 Å². The maximum atomic E-state index is 12.1. The number of thioether (sulfide) groups is 1. The molecule has 0 unspecified atom stereocenters. The molecule has 0 aromatic heterocycles. The van der Waals surface area contributed by atoms with Gasteiger partial charge in [0.25, 0.3) is 0 Å². The van der Waals surface area contributed by atoms with Gasteiger partial charge in [-0.15, -0.1) is 11.8 Å². The van der Waals surface area contributed by atoms with Gasteiger partial charge < -0.3 is 19.5 Å². The number of carbonyl (C=O) groups is 1. The van der Waals surface area contributed by atoms with Crippen molar-refractivity contribution >= 4 is 17.7 Å². The van der Waals surface area contributed by atoms with Crippen molar-refractivity contribution in [1.29, 1.82) is 0 Å². The van der Waals surface area contributed by atoms with Gasteiger partial charge in [0.15, 0.2) is 11.5 Å². The summed E-state index contributed by atoms with van der Waals surface area (Å²) in [4.78, 5) is 13.2. The molecule has 0 saturated heterocycles. The van der Waals surface area contributed by atoms with Crippen LogP contribution < -0.4 is 19.5 Å². The summed E-state index contributed by atoms with van der Waals surface area (Å²) in [5, 5.41) is 2.92. The third kappa shape index (κ3) is 5.60. The summed E-state index contributed by atoms with van der Waals surface area (Å²) in [6, 6.07) is 13.6. The van der Waals surface area contributed by atoms with E-state index < -0.39 is 0 Å². The predicted octanol–water partition coefficient (Wildman–Crippen LogP) is 3.51. The molecule has 0 atom stereocenters. The molecule has 0 aliphatic carbocycles. The van der Waals surface area contributed by atoms with Gasteiger partial charge in [-0.25, -0.2) is 0 Å². The molecule has 0 bridgehead atoms. The van der Waals surface area contributed by atoms with Crippen LogP contribution >= 0.6 is 11.8 Å². The van der Waals surface area contributed by atoms with Gasteiger partial charge in [0, 0.05) is 35.2 Å². The van der Waals surface area contributed by atoms with Crippen molar-refractivity contribution in [2.24, 2.45) is 0 Å². The number of hydrogen-bond donors (Lipinski definition) is 1. The van der Waals surface area contributed by atoms with E-state index in [1.54, 1.807) is 39.2 Å². The molecule has 2 aromatic rings. The molecule has 0 spiro atoms. The highest BCUT2D eigenvalue weighted by molar-refractivity contribution is 7.99. The van der Waals surface area contributed by atoms with E-state index in [0.29, 0.717) is 30.2 Å². The van der Waals surface area contributed by atoms with Crippen molar-refractivity contribution in [2.45, 2.75) is 17.9 Å². The molecular formula is C19H23NO4S. The number of amides is 1. The summed E-state index contributed by atoms with van der Waals surface area (Å²) < 4.78 is 15.9. The molecule has 25 heavy (non-hydrogen) atoms. The summed E-state index contributed by atoms with van der Waals surface area (Å²) in [7, 11) is 4.74. The molecule has 0 heterocycles. The van der Waals surface area contributed by atoms with Gasteiger partial charge in [0.05, 0.1) is 21.3 Å². The van der Waals surface area contributed by atoms with E-state index in [9.17, 15) is 4.79 Å². The first-order valence-electron chi connectivity index (χ1n) is 7.91. The Bertz CT molecular complexity index is 691. The van der Waals surface area contributed by atoms with Gasteiger partial charge in [0.2, 0.25) is 5.91 Å². The van der Waals surface area contributed by atoms with Crippen molar-refractivity contribution in [3.05, 3.63) is 48.0 Å². The highest BCUT2D eigenvalue weighted by atomic mass is 32.2. The highest BCUT2D eigenvalue weighted by Crippen LogP contribution is 2.34. The average molecular weight is 361 g/mol. The third-order valence-corrected chi connectivity index (χ3v) is 4.62. The van der Waals surface area contributed by atoms with Crippen LogP contribution in [-0.2, 0) is 11.3 Å². The molecule has 6 heteroatoms. The molecule has 0 radical (unpaired) electrons. The summed E-state index contributed by atoms with van der Waals surface area (Å²) in [6.07, 6.45) is 0.454. The van der Waals surface area contributed by atoms with Crippen LogP contribution in [0.4, 0.5) is 0 Å². The van der Waals surface area contributed by atoms with E-state index >= 15 is 0 Å². The van der Waals surface area contributed by atoms with Crippen LogP contribution in [0.25, 0.3) is 0 Å². The molecule has 1 amide bonds. The lowest BCUT2D eigenvalue weighted by Crippen LogP contribution is -2.23. The molecule has 1 N–H and O–H groups in total. The number of benzene rings is 2. The normalized spacial score (nSPS) is 10.2. The van der Waals surface area contributed by atoms with Gasteiger partial charge in [-0.3, -0.25) is 4.79 Å². The molecule has 5 nitrogen and oxygen atoms in total. The third-order valence-electron chi connectivity index (χ3n) is 3.60. The van der Waals surface area contributed by atoms with E-state index in [1.807, 2.05) is 36.4 Å². The van der Waals surface area contributed by atoms with Crippen molar-refractivity contribution in [1.82, 2.24) is 5.32 Å². The minimum absolute atomic E-state index is 0.000249. The number of rotatable bonds is 9. The summed E-state index contributed by atoms with van der Waals surface area (Å²) in [5.74, 6) is 2.58. The van der Waals surface area contributed by atoms with E-state index in [-0.39, 0.29) is 5.91 Å². The average Bonchev–Trinajstić information content (AvgIpc) is 2.66. The standard InChI is InChI=1S/C19H23NO4S/c1-22-16-12-18(24-3)17(23-2)11-14(16)13-20-19(21)9-10-25-15-7-5-4-6-8-15/h4-8,11-12H,9-10,13H2,1-3H3,(H,20,21). The first-order valence-corrected chi connectivity index (χ1v) is 8.90. The van der Waals surface area contributed by atoms with E-state index in [4.69, 9.17) is 14.2 Å². The van der Waals surface area contributed by atoms with E-state index in [0.717, 1.165) is 16.2 Å².